The predicted octanol–water partition coefficient (Wildman–Crippen LogP) is 4.39. The Morgan fingerprint density at radius 3 is 2.45 bits per heavy atom. The van der Waals surface area contributed by atoms with Gasteiger partial charge < -0.3 is 15.4 Å². The Labute approximate surface area is 178 Å². The fourth-order valence-electron chi connectivity index (χ4n) is 2.90. The lowest BCUT2D eigenvalue weighted by Crippen LogP contribution is -2.11. The van der Waals surface area contributed by atoms with Gasteiger partial charge in [-0.1, -0.05) is 12.1 Å². The summed E-state index contributed by atoms with van der Waals surface area (Å²) in [5.41, 5.74) is 2.36. The van der Waals surface area contributed by atoms with E-state index in [4.69, 9.17) is 4.74 Å². The number of nitrogens with one attached hydrogen (secondary N) is 2. The molecule has 156 valence electrons. The van der Waals surface area contributed by atoms with Gasteiger partial charge in [0.05, 0.1) is 25.0 Å². The molecule has 0 saturated heterocycles. The zero-order valence-electron chi connectivity index (χ0n) is 17.0. The Bertz CT molecular complexity index is 1140. The smallest absolute Gasteiger partial charge is 0.225 e. The van der Waals surface area contributed by atoms with Crippen LogP contribution in [0.25, 0.3) is 11.3 Å². The van der Waals surface area contributed by atoms with E-state index in [0.29, 0.717) is 29.2 Å². The Hall–Kier alpha value is -4.14. The van der Waals surface area contributed by atoms with Gasteiger partial charge in [0.15, 0.2) is 0 Å². The van der Waals surface area contributed by atoms with E-state index < -0.39 is 0 Å². The number of anilines is 3. The number of benzene rings is 1. The molecule has 9 heteroatoms. The van der Waals surface area contributed by atoms with Crippen molar-refractivity contribution in [3.63, 3.8) is 0 Å². The predicted molar refractivity (Wildman–Crippen MR) is 116 cm³/mol. The Kier molecular flexibility index (Phi) is 5.93. The fourth-order valence-corrected chi connectivity index (χ4v) is 2.90. The first kappa shape index (κ1) is 20.1. The van der Waals surface area contributed by atoms with E-state index in [1.165, 1.54) is 12.1 Å². The van der Waals surface area contributed by atoms with Gasteiger partial charge in [0, 0.05) is 36.3 Å². The van der Waals surface area contributed by atoms with Gasteiger partial charge in [0.25, 0.3) is 0 Å². The number of nitrogens with zero attached hydrogens (tertiary/aromatic N) is 5. The fraction of sp³-hybridized carbons (Fsp3) is 0.136. The van der Waals surface area contributed by atoms with Gasteiger partial charge in [0.1, 0.15) is 17.5 Å². The van der Waals surface area contributed by atoms with Gasteiger partial charge in [-0.05, 0) is 30.7 Å². The largest absolute Gasteiger partial charge is 0.481 e. The van der Waals surface area contributed by atoms with E-state index in [-0.39, 0.29) is 11.9 Å². The number of hydrogen-bond acceptors (Lipinski definition) is 8. The molecule has 0 aliphatic heterocycles. The summed E-state index contributed by atoms with van der Waals surface area (Å²) in [4.78, 5) is 21.7. The van der Waals surface area contributed by atoms with E-state index in [1.54, 1.807) is 56.2 Å². The highest BCUT2D eigenvalue weighted by molar-refractivity contribution is 5.66. The summed E-state index contributed by atoms with van der Waals surface area (Å²) in [7, 11) is 1.56. The van der Waals surface area contributed by atoms with E-state index in [2.05, 4.69) is 35.6 Å². The van der Waals surface area contributed by atoms with Crippen LogP contribution in [0.5, 0.6) is 5.88 Å². The first-order chi connectivity index (χ1) is 15.1. The molecular weight excluding hydrogens is 397 g/mol. The summed E-state index contributed by atoms with van der Waals surface area (Å²) in [6.07, 6.45) is 6.47. The summed E-state index contributed by atoms with van der Waals surface area (Å²) >= 11 is 0. The molecule has 4 aromatic rings. The van der Waals surface area contributed by atoms with Crippen LogP contribution in [0.4, 0.5) is 22.0 Å². The van der Waals surface area contributed by atoms with Crippen molar-refractivity contribution in [2.24, 2.45) is 0 Å². The second-order valence-corrected chi connectivity index (χ2v) is 6.68. The average Bonchev–Trinajstić information content (AvgIpc) is 2.80. The molecule has 0 unspecified atom stereocenters. The van der Waals surface area contributed by atoms with Crippen LogP contribution in [0.1, 0.15) is 18.5 Å². The van der Waals surface area contributed by atoms with Gasteiger partial charge in [-0.3, -0.25) is 4.98 Å². The van der Waals surface area contributed by atoms with Crippen molar-refractivity contribution >= 4 is 17.6 Å². The van der Waals surface area contributed by atoms with Crippen molar-refractivity contribution in [3.8, 4) is 17.1 Å². The van der Waals surface area contributed by atoms with E-state index in [9.17, 15) is 4.39 Å². The number of hydrogen-bond donors (Lipinski definition) is 2. The van der Waals surface area contributed by atoms with Gasteiger partial charge in [-0.25, -0.2) is 19.3 Å². The second-order valence-electron chi connectivity index (χ2n) is 6.68. The number of pyridine rings is 1. The van der Waals surface area contributed by atoms with E-state index in [1.807, 2.05) is 13.0 Å². The lowest BCUT2D eigenvalue weighted by Gasteiger charge is -2.16. The van der Waals surface area contributed by atoms with Gasteiger partial charge >= 0.3 is 0 Å². The summed E-state index contributed by atoms with van der Waals surface area (Å²) < 4.78 is 18.4. The highest BCUT2D eigenvalue weighted by atomic mass is 19.1. The van der Waals surface area contributed by atoms with Crippen molar-refractivity contribution < 1.29 is 9.13 Å². The number of ether oxygens (including phenoxy) is 1. The quantitative estimate of drug-likeness (QED) is 0.457. The Morgan fingerprint density at radius 1 is 0.935 bits per heavy atom. The molecule has 0 aliphatic carbocycles. The van der Waals surface area contributed by atoms with Crippen LogP contribution in [0, 0.1) is 5.82 Å². The van der Waals surface area contributed by atoms with Crippen LogP contribution in [0.15, 0.2) is 67.3 Å². The molecule has 31 heavy (non-hydrogen) atoms. The zero-order valence-corrected chi connectivity index (χ0v) is 17.0. The number of halogens is 1. The van der Waals surface area contributed by atoms with Crippen LogP contribution >= 0.6 is 0 Å². The molecule has 0 saturated carbocycles. The molecule has 1 atom stereocenters. The van der Waals surface area contributed by atoms with Crippen molar-refractivity contribution in [3.05, 3.63) is 78.6 Å². The van der Waals surface area contributed by atoms with Crippen molar-refractivity contribution in [2.45, 2.75) is 13.0 Å². The summed E-state index contributed by atoms with van der Waals surface area (Å²) in [5, 5.41) is 6.41. The van der Waals surface area contributed by atoms with Gasteiger partial charge in [0.2, 0.25) is 11.8 Å². The highest BCUT2D eigenvalue weighted by Gasteiger charge is 2.12. The molecule has 3 heterocycles. The third-order valence-corrected chi connectivity index (χ3v) is 4.50. The standard InChI is InChI=1S/C22H20FN7O/c1-14(15-3-6-17(23)7-4-15)27-22-28-18(16-5-8-21(31-2)26-12-16)11-19(30-22)29-20-13-24-9-10-25-20/h3-14H,1-2H3,(H2,25,27,28,29,30)/t14-/m0/s1. The minimum atomic E-state index is -0.281. The first-order valence-electron chi connectivity index (χ1n) is 9.55. The first-order valence-corrected chi connectivity index (χ1v) is 9.55. The maximum absolute atomic E-state index is 13.3. The number of rotatable bonds is 7. The molecule has 1 aromatic carbocycles. The minimum Gasteiger partial charge on any atom is -0.481 e. The van der Waals surface area contributed by atoms with E-state index >= 15 is 0 Å². The van der Waals surface area contributed by atoms with Gasteiger partial charge in [-0.15, -0.1) is 0 Å². The zero-order chi connectivity index (χ0) is 21.6. The van der Waals surface area contributed by atoms with Crippen molar-refractivity contribution in [1.82, 2.24) is 24.9 Å². The SMILES string of the molecule is COc1ccc(-c2cc(Nc3cnccn3)nc(N[C@@H](C)c3ccc(F)cc3)n2)cn1. The van der Waals surface area contributed by atoms with Crippen LogP contribution in [0.3, 0.4) is 0 Å². The molecule has 0 fully saturated rings. The summed E-state index contributed by atoms with van der Waals surface area (Å²) in [6.45, 7) is 1.95. The molecule has 4 rings (SSSR count). The number of methoxy groups -OCH3 is 1. The van der Waals surface area contributed by atoms with Crippen LogP contribution in [-0.2, 0) is 0 Å². The molecule has 0 aliphatic rings. The monoisotopic (exact) mass is 417 g/mol. The lowest BCUT2D eigenvalue weighted by molar-refractivity contribution is 0.398. The van der Waals surface area contributed by atoms with Crippen LogP contribution in [0.2, 0.25) is 0 Å². The maximum Gasteiger partial charge on any atom is 0.225 e. The van der Waals surface area contributed by atoms with Gasteiger partial charge in [-0.2, -0.15) is 4.98 Å². The highest BCUT2D eigenvalue weighted by Crippen LogP contribution is 2.25. The van der Waals surface area contributed by atoms with E-state index in [0.717, 1.165) is 11.1 Å². The van der Waals surface area contributed by atoms with Crippen LogP contribution < -0.4 is 15.4 Å². The molecule has 0 amide bonds. The normalized spacial score (nSPS) is 11.6. The second kappa shape index (κ2) is 9.12. The summed E-state index contributed by atoms with van der Waals surface area (Å²) in [6, 6.07) is 11.6. The minimum absolute atomic E-state index is 0.144. The lowest BCUT2D eigenvalue weighted by atomic mass is 10.1. The Morgan fingerprint density at radius 2 is 1.77 bits per heavy atom. The van der Waals surface area contributed by atoms with Crippen LogP contribution in [-0.4, -0.2) is 32.0 Å². The molecule has 0 bridgehead atoms. The molecule has 0 spiro atoms. The van der Waals surface area contributed by atoms with Crippen molar-refractivity contribution in [1.29, 1.82) is 0 Å². The molecule has 0 radical (unpaired) electrons. The third-order valence-electron chi connectivity index (χ3n) is 4.50. The number of aromatic nitrogens is 5. The molecule has 2 N–H and O–H groups in total. The summed E-state index contributed by atoms with van der Waals surface area (Å²) in [5.74, 6) is 1.72. The topological polar surface area (TPSA) is 97.7 Å². The molecule has 3 aromatic heterocycles. The maximum atomic E-state index is 13.3. The Balaban J connectivity index is 1.67. The molecular formula is C22H20FN7O. The molecule has 8 nitrogen and oxygen atoms in total. The third kappa shape index (κ3) is 5.08. The average molecular weight is 417 g/mol. The van der Waals surface area contributed by atoms with Crippen molar-refractivity contribution in [2.75, 3.05) is 17.7 Å².